The Hall–Kier alpha value is -0.987. The number of aliphatic hydroxyl groups excluding tert-OH is 1. The molecule has 136 valence electrons. The Morgan fingerprint density at radius 2 is 1.33 bits per heavy atom. The molecule has 0 bridgehead atoms. The Morgan fingerprint density at radius 1 is 0.792 bits per heavy atom. The fourth-order valence-electron chi connectivity index (χ4n) is 2.15. The summed E-state index contributed by atoms with van der Waals surface area (Å²) in [5, 5.41) is 9.78. The van der Waals surface area contributed by atoms with Gasteiger partial charge in [0.25, 0.3) is 0 Å². The van der Waals surface area contributed by atoms with Crippen molar-refractivity contribution in [2.75, 3.05) is 0 Å². The Labute approximate surface area is 152 Å². The summed E-state index contributed by atoms with van der Waals surface area (Å²) in [6.07, 6.45) is 4.49. The van der Waals surface area contributed by atoms with Gasteiger partial charge in [-0.3, -0.25) is 0 Å². The summed E-state index contributed by atoms with van der Waals surface area (Å²) in [4.78, 5) is 0. The molecule has 0 saturated heterocycles. The minimum absolute atomic E-state index is 0.0171. The van der Waals surface area contributed by atoms with Crippen LogP contribution in [0.4, 0.5) is 0 Å². The molecule has 0 spiro atoms. The Bertz CT molecular complexity index is 679. The Kier molecular flexibility index (Phi) is 8.14. The van der Waals surface area contributed by atoms with Crippen LogP contribution in [0.15, 0.2) is 48.5 Å². The zero-order valence-corrected chi connectivity index (χ0v) is 15.9. The van der Waals surface area contributed by atoms with Crippen LogP contribution >= 0.6 is 0 Å². The van der Waals surface area contributed by atoms with E-state index >= 15 is 0 Å². The molecule has 0 radical (unpaired) electrons. The van der Waals surface area contributed by atoms with Gasteiger partial charge in [0.05, 0.1) is 0 Å². The first-order chi connectivity index (χ1) is 11.7. The van der Waals surface area contributed by atoms with Crippen molar-refractivity contribution in [3.63, 3.8) is 0 Å². The molecule has 2 rings (SSSR count). The molecule has 0 aliphatic carbocycles. The minimum atomic E-state index is -1.64. The topological polar surface area (TPSA) is 54.4 Å². The van der Waals surface area contributed by atoms with E-state index in [1.807, 2.05) is 24.3 Å². The van der Waals surface area contributed by atoms with Gasteiger partial charge in [-0.05, 0) is 0 Å². The van der Waals surface area contributed by atoms with Crippen LogP contribution in [0.5, 0.6) is 0 Å². The second-order valence-corrected chi connectivity index (χ2v) is 9.26. The first-order valence-electron chi connectivity index (χ1n) is 8.03. The first kappa shape index (κ1) is 19.3. The quantitative estimate of drug-likeness (QED) is 0.638. The van der Waals surface area contributed by atoms with E-state index in [0.717, 1.165) is 37.3 Å². The fourth-order valence-corrected chi connectivity index (χ4v) is 4.93. The van der Waals surface area contributed by atoms with E-state index in [0.29, 0.717) is 0 Å². The summed E-state index contributed by atoms with van der Waals surface area (Å²) < 4.78 is 27.2. The SMILES string of the molecule is CCCCC[CH2][Co](=[O])[c]1cc[c]([Co](=[O])[c]2ccc(CO)cc2)cc1. The summed E-state index contributed by atoms with van der Waals surface area (Å²) in [6.45, 7) is 2.15. The summed E-state index contributed by atoms with van der Waals surface area (Å²) in [5.41, 5.74) is 0.803. The van der Waals surface area contributed by atoms with E-state index in [1.165, 1.54) is 12.8 Å². The van der Waals surface area contributed by atoms with E-state index in [9.17, 15) is 7.73 Å². The molecule has 0 aromatic heterocycles. The molecule has 5 heteroatoms. The predicted octanol–water partition coefficient (Wildman–Crippen LogP) is 2.68. The van der Waals surface area contributed by atoms with Crippen LogP contribution in [-0.4, -0.2) is 5.11 Å². The van der Waals surface area contributed by atoms with Crippen molar-refractivity contribution in [1.29, 1.82) is 0 Å². The first-order valence-corrected chi connectivity index (χ1v) is 11.2. The average Bonchev–Trinajstić information content (AvgIpc) is 2.64. The summed E-state index contributed by atoms with van der Waals surface area (Å²) >= 11 is -2.97. The van der Waals surface area contributed by atoms with Crippen LogP contribution in [0.25, 0.3) is 0 Å². The molecule has 0 saturated carbocycles. The third-order valence-electron chi connectivity index (χ3n) is 3.54. The maximum atomic E-state index is 12.6. The van der Waals surface area contributed by atoms with Gasteiger partial charge < -0.3 is 0 Å². The third-order valence-corrected chi connectivity index (χ3v) is 7.19. The monoisotopic (exact) mass is 418 g/mol. The second kappa shape index (κ2) is 10.1. The van der Waals surface area contributed by atoms with Crippen LogP contribution < -0.4 is 13.5 Å². The van der Waals surface area contributed by atoms with Gasteiger partial charge in [0.15, 0.2) is 0 Å². The Morgan fingerprint density at radius 3 is 1.88 bits per heavy atom. The third kappa shape index (κ3) is 5.53. The summed E-state index contributed by atoms with van der Waals surface area (Å²) in [5.74, 6) is 0. The van der Waals surface area contributed by atoms with E-state index in [-0.39, 0.29) is 6.61 Å². The van der Waals surface area contributed by atoms with E-state index < -0.39 is 27.2 Å². The zero-order chi connectivity index (χ0) is 17.4. The molecule has 3 nitrogen and oxygen atoms in total. The van der Waals surface area contributed by atoms with Crippen LogP contribution in [0.3, 0.4) is 0 Å². The van der Waals surface area contributed by atoms with Crippen molar-refractivity contribution in [3.05, 3.63) is 54.1 Å². The molecule has 24 heavy (non-hydrogen) atoms. The predicted molar refractivity (Wildman–Crippen MR) is 88.0 cm³/mol. The van der Waals surface area contributed by atoms with Crippen molar-refractivity contribution in [3.8, 4) is 0 Å². The molecule has 0 atom stereocenters. The van der Waals surface area contributed by atoms with Crippen molar-refractivity contribution >= 4 is 13.5 Å². The van der Waals surface area contributed by atoms with Crippen LogP contribution in [0.2, 0.25) is 5.36 Å². The van der Waals surface area contributed by atoms with Gasteiger partial charge in [0, 0.05) is 0 Å². The number of aliphatic hydroxyl groups is 1. The van der Waals surface area contributed by atoms with Gasteiger partial charge in [-0.15, -0.1) is 0 Å². The van der Waals surface area contributed by atoms with Crippen molar-refractivity contribution in [1.82, 2.24) is 0 Å². The number of rotatable bonds is 9. The van der Waals surface area contributed by atoms with Crippen molar-refractivity contribution in [2.45, 2.75) is 44.6 Å². The molecule has 0 heterocycles. The van der Waals surface area contributed by atoms with Gasteiger partial charge in [0.1, 0.15) is 0 Å². The van der Waals surface area contributed by atoms with E-state index in [2.05, 4.69) is 6.92 Å². The molecular weight excluding hydrogens is 394 g/mol. The van der Waals surface area contributed by atoms with E-state index in [4.69, 9.17) is 5.11 Å². The Balaban J connectivity index is 1.99. The molecule has 1 N–H and O–H groups in total. The van der Waals surface area contributed by atoms with Crippen molar-refractivity contribution < 1.29 is 40.0 Å². The number of unbranched alkanes of at least 4 members (excludes halogenated alkanes) is 3. The van der Waals surface area contributed by atoms with Crippen LogP contribution in [0.1, 0.15) is 38.2 Å². The fraction of sp³-hybridized carbons (Fsp3) is 0.368. The van der Waals surface area contributed by atoms with Gasteiger partial charge >= 0.3 is 152 Å². The van der Waals surface area contributed by atoms with Gasteiger partial charge in [0.2, 0.25) is 0 Å². The van der Waals surface area contributed by atoms with E-state index in [1.54, 1.807) is 24.3 Å². The standard InChI is InChI=1S/C7H7O.C6H4.C6H13.2Co.2O/c8-6-7-4-2-1-3-5-7;1-2-4-6-5-3-1;1-3-5-6-4-2;;;;/h2-5,8H,6H2;1-2,5-6H;1,3-6H2,2H3;;;;. The molecule has 0 unspecified atom stereocenters. The zero-order valence-electron chi connectivity index (χ0n) is 13.8. The number of hydrogen-bond acceptors (Lipinski definition) is 3. The number of benzene rings is 2. The molecule has 2 aromatic carbocycles. The molecule has 0 amide bonds. The van der Waals surface area contributed by atoms with Gasteiger partial charge in [-0.25, -0.2) is 0 Å². The van der Waals surface area contributed by atoms with Gasteiger partial charge in [-0.2, -0.15) is 0 Å². The number of hydrogen-bond donors (Lipinski definition) is 1. The molecular formula is C19H24Co2O3. The van der Waals surface area contributed by atoms with Crippen LogP contribution in [-0.2, 0) is 41.5 Å². The second-order valence-electron chi connectivity index (χ2n) is 5.37. The van der Waals surface area contributed by atoms with Crippen molar-refractivity contribution in [2.24, 2.45) is 0 Å². The van der Waals surface area contributed by atoms with Gasteiger partial charge in [-0.1, -0.05) is 0 Å². The average molecular weight is 418 g/mol. The molecule has 2 aromatic rings. The summed E-state index contributed by atoms with van der Waals surface area (Å²) in [6, 6.07) is 14.4. The maximum absolute atomic E-state index is 12.6. The molecule has 0 aliphatic rings. The molecule has 0 aliphatic heterocycles. The van der Waals surface area contributed by atoms with Crippen LogP contribution in [0, 0.1) is 0 Å². The molecule has 0 fully saturated rings. The normalized spacial score (nSPS) is 12.1. The summed E-state index contributed by atoms with van der Waals surface area (Å²) in [7, 11) is 0.